The fraction of sp³-hybridized carbons (Fsp3) is 0.143. The molecule has 0 N–H and O–H groups in total. The summed E-state index contributed by atoms with van der Waals surface area (Å²) in [5.41, 5.74) is 4.23. The summed E-state index contributed by atoms with van der Waals surface area (Å²) in [6, 6.07) is 45.5. The summed E-state index contributed by atoms with van der Waals surface area (Å²) in [4.78, 5) is 0. The molecular weight excluding hydrogens is 364 g/mol. The summed E-state index contributed by atoms with van der Waals surface area (Å²) in [6.45, 7) is 5.04. The first-order chi connectivity index (χ1) is 14.1. The van der Waals surface area contributed by atoms with E-state index in [1.165, 1.54) is 21.9 Å². The van der Waals surface area contributed by atoms with Gasteiger partial charge in [-0.3, -0.25) is 0 Å². The lowest BCUT2D eigenvalue weighted by molar-refractivity contribution is 0.769. The van der Waals surface area contributed by atoms with Gasteiger partial charge in [0.1, 0.15) is 8.07 Å². The molecule has 0 aliphatic rings. The van der Waals surface area contributed by atoms with Crippen molar-refractivity contribution >= 4 is 13.3 Å². The fourth-order valence-electron chi connectivity index (χ4n) is 4.72. The third-order valence-corrected chi connectivity index (χ3v) is 12.1. The molecule has 0 bridgehead atoms. The summed E-state index contributed by atoms with van der Waals surface area (Å²) >= 11 is 0. The topological polar surface area (TPSA) is 0 Å². The number of benzene rings is 4. The molecule has 0 radical (unpaired) electrons. The second-order valence-corrected chi connectivity index (χ2v) is 12.8. The molecule has 4 rings (SSSR count). The quantitative estimate of drug-likeness (QED) is 0.338. The molecule has 4 aromatic rings. The van der Waals surface area contributed by atoms with Crippen molar-refractivity contribution in [2.45, 2.75) is 24.6 Å². The lowest BCUT2D eigenvalue weighted by atomic mass is 9.92. The van der Waals surface area contributed by atoms with E-state index >= 15 is 0 Å². The molecule has 144 valence electrons. The third kappa shape index (κ3) is 3.59. The van der Waals surface area contributed by atoms with Gasteiger partial charge in [-0.2, -0.15) is 0 Å². The van der Waals surface area contributed by atoms with Gasteiger partial charge in [0, 0.05) is 5.04 Å². The minimum absolute atomic E-state index is 0.0628. The maximum atomic E-state index is 2.56. The standard InChI is InChI=1S/C28H28Si/c1-28(25-17-9-4-10-18-25,26-19-11-5-12-20-26)29(2,27-21-13-6-14-22-27)23-24-15-7-3-8-16-24/h3-22H,23H2,1-2H3. The van der Waals surface area contributed by atoms with Crippen LogP contribution in [0.4, 0.5) is 0 Å². The molecule has 1 heteroatoms. The molecule has 0 saturated heterocycles. The molecule has 0 fully saturated rings. The minimum atomic E-state index is -2.10. The molecule has 0 aliphatic carbocycles. The van der Waals surface area contributed by atoms with Gasteiger partial charge in [0.25, 0.3) is 0 Å². The molecule has 0 amide bonds. The van der Waals surface area contributed by atoms with Crippen LogP contribution in [0.5, 0.6) is 0 Å². The molecule has 1 atom stereocenters. The SMILES string of the molecule is CC(c1ccccc1)(c1ccccc1)[Si](C)(Cc1ccccc1)c1ccccc1. The Kier molecular flexibility index (Phi) is 5.51. The minimum Gasteiger partial charge on any atom is -0.0641 e. The van der Waals surface area contributed by atoms with E-state index in [4.69, 9.17) is 0 Å². The van der Waals surface area contributed by atoms with Gasteiger partial charge in [-0.25, -0.2) is 0 Å². The Morgan fingerprint density at radius 3 is 1.38 bits per heavy atom. The average molecular weight is 393 g/mol. The third-order valence-electron chi connectivity index (χ3n) is 6.62. The Bertz CT molecular complexity index is 987. The van der Waals surface area contributed by atoms with Crippen LogP contribution in [0.2, 0.25) is 6.55 Å². The van der Waals surface area contributed by atoms with Crippen molar-refractivity contribution in [3.05, 3.63) is 138 Å². The Morgan fingerprint density at radius 1 is 0.552 bits per heavy atom. The largest absolute Gasteiger partial charge is 0.103 e. The molecule has 29 heavy (non-hydrogen) atoms. The molecular formula is C28H28Si. The van der Waals surface area contributed by atoms with Gasteiger partial charge >= 0.3 is 0 Å². The van der Waals surface area contributed by atoms with Crippen LogP contribution >= 0.6 is 0 Å². The van der Waals surface area contributed by atoms with Crippen LogP contribution in [-0.4, -0.2) is 8.07 Å². The monoisotopic (exact) mass is 392 g/mol. The summed E-state index contributed by atoms with van der Waals surface area (Å²) < 4.78 is 0. The van der Waals surface area contributed by atoms with Gasteiger partial charge in [-0.05, 0) is 17.2 Å². The maximum Gasteiger partial charge on any atom is 0.103 e. The van der Waals surface area contributed by atoms with Crippen molar-refractivity contribution in [2.24, 2.45) is 0 Å². The first kappa shape index (κ1) is 19.4. The molecule has 1 unspecified atom stereocenters. The predicted molar refractivity (Wildman–Crippen MR) is 127 cm³/mol. The van der Waals surface area contributed by atoms with Crippen LogP contribution in [0.25, 0.3) is 0 Å². The Balaban J connectivity index is 1.99. The van der Waals surface area contributed by atoms with Crippen LogP contribution < -0.4 is 5.19 Å². The van der Waals surface area contributed by atoms with Crippen LogP contribution in [0.3, 0.4) is 0 Å². The van der Waals surface area contributed by atoms with Crippen molar-refractivity contribution in [1.82, 2.24) is 0 Å². The molecule has 0 aliphatic heterocycles. The average Bonchev–Trinajstić information content (AvgIpc) is 2.81. The zero-order valence-electron chi connectivity index (χ0n) is 17.3. The van der Waals surface area contributed by atoms with Crippen molar-refractivity contribution in [3.8, 4) is 0 Å². The summed E-state index contributed by atoms with van der Waals surface area (Å²) in [5.74, 6) is 0. The molecule has 0 nitrogen and oxygen atoms in total. The first-order valence-electron chi connectivity index (χ1n) is 10.3. The molecule has 0 aromatic heterocycles. The Morgan fingerprint density at radius 2 is 0.931 bits per heavy atom. The fourth-order valence-corrected chi connectivity index (χ4v) is 9.45. The molecule has 0 spiro atoms. The van der Waals surface area contributed by atoms with E-state index in [0.29, 0.717) is 0 Å². The van der Waals surface area contributed by atoms with Gasteiger partial charge in [0.2, 0.25) is 0 Å². The second kappa shape index (κ2) is 8.22. The van der Waals surface area contributed by atoms with Crippen molar-refractivity contribution in [2.75, 3.05) is 0 Å². The molecule has 0 heterocycles. The van der Waals surface area contributed by atoms with Crippen molar-refractivity contribution in [3.63, 3.8) is 0 Å². The van der Waals surface area contributed by atoms with Gasteiger partial charge in [0.05, 0.1) is 0 Å². The van der Waals surface area contributed by atoms with Crippen LogP contribution in [0, 0.1) is 0 Å². The van der Waals surface area contributed by atoms with Crippen LogP contribution in [0.15, 0.2) is 121 Å². The van der Waals surface area contributed by atoms with Crippen molar-refractivity contribution in [1.29, 1.82) is 0 Å². The van der Waals surface area contributed by atoms with Gasteiger partial charge in [-0.1, -0.05) is 146 Å². The van der Waals surface area contributed by atoms with E-state index < -0.39 is 8.07 Å². The zero-order valence-corrected chi connectivity index (χ0v) is 18.3. The second-order valence-electron chi connectivity index (χ2n) is 8.22. The number of hydrogen-bond acceptors (Lipinski definition) is 0. The lowest BCUT2D eigenvalue weighted by Crippen LogP contribution is -2.63. The smallest absolute Gasteiger partial charge is 0.0641 e. The predicted octanol–water partition coefficient (Wildman–Crippen LogP) is 6.30. The molecule has 0 saturated carbocycles. The van der Waals surface area contributed by atoms with Crippen molar-refractivity contribution < 1.29 is 0 Å². The summed E-state index contributed by atoms with van der Waals surface area (Å²) in [6.07, 6.45) is 0. The number of rotatable bonds is 6. The highest BCUT2D eigenvalue weighted by atomic mass is 28.3. The Labute approximate surface area is 175 Å². The maximum absolute atomic E-state index is 2.56. The lowest BCUT2D eigenvalue weighted by Gasteiger charge is -2.47. The van der Waals surface area contributed by atoms with E-state index in [-0.39, 0.29) is 5.04 Å². The first-order valence-corrected chi connectivity index (χ1v) is 13.1. The molecule has 4 aromatic carbocycles. The van der Waals surface area contributed by atoms with E-state index in [1.807, 2.05) is 0 Å². The van der Waals surface area contributed by atoms with Crippen LogP contribution in [0.1, 0.15) is 23.6 Å². The van der Waals surface area contributed by atoms with Gasteiger partial charge in [0.15, 0.2) is 0 Å². The highest BCUT2D eigenvalue weighted by molar-refractivity contribution is 6.93. The normalized spacial score (nSPS) is 13.6. The van der Waals surface area contributed by atoms with Gasteiger partial charge < -0.3 is 0 Å². The number of hydrogen-bond donors (Lipinski definition) is 0. The van der Waals surface area contributed by atoms with E-state index in [9.17, 15) is 0 Å². The highest BCUT2D eigenvalue weighted by Gasteiger charge is 2.49. The highest BCUT2D eigenvalue weighted by Crippen LogP contribution is 2.41. The summed E-state index contributed by atoms with van der Waals surface area (Å²) in [7, 11) is -2.10. The van der Waals surface area contributed by atoms with Crippen LogP contribution in [-0.2, 0) is 11.1 Å². The summed E-state index contributed by atoms with van der Waals surface area (Å²) in [5, 5.41) is 1.44. The van der Waals surface area contributed by atoms with E-state index in [1.54, 1.807) is 0 Å². The Hall–Kier alpha value is -2.90. The van der Waals surface area contributed by atoms with E-state index in [2.05, 4.69) is 135 Å². The van der Waals surface area contributed by atoms with E-state index in [0.717, 1.165) is 6.04 Å². The zero-order chi connectivity index (χ0) is 20.2. The van der Waals surface area contributed by atoms with Gasteiger partial charge in [-0.15, -0.1) is 0 Å².